The van der Waals surface area contributed by atoms with Gasteiger partial charge in [0.05, 0.1) is 30.6 Å². The molecular weight excluding hydrogens is 278 g/mol. The van der Waals surface area contributed by atoms with Gasteiger partial charge in [0.2, 0.25) is 0 Å². The first-order valence-electron chi connectivity index (χ1n) is 7.64. The second kappa shape index (κ2) is 7.27. The highest BCUT2D eigenvalue weighted by Gasteiger charge is 2.21. The molecule has 22 heavy (non-hydrogen) atoms. The largest absolute Gasteiger partial charge is 0.462 e. The summed E-state index contributed by atoms with van der Waals surface area (Å²) in [5.74, 6) is -0.288. The molecule has 0 saturated carbocycles. The fourth-order valence-corrected chi connectivity index (χ4v) is 2.70. The summed E-state index contributed by atoms with van der Waals surface area (Å²) in [6, 6.07) is 5.82. The summed E-state index contributed by atoms with van der Waals surface area (Å²) in [5.41, 5.74) is 3.46. The molecule has 0 saturated heterocycles. The SMILES string of the molecule is C=CCOC(CC)c1c(C)c(C(=O)OCC)cc2cccn12. The molecule has 118 valence electrons. The number of carbonyl (C=O) groups excluding carboxylic acids is 1. The van der Waals surface area contributed by atoms with Gasteiger partial charge in [-0.05, 0) is 44.0 Å². The van der Waals surface area contributed by atoms with Gasteiger partial charge >= 0.3 is 5.97 Å². The summed E-state index contributed by atoms with van der Waals surface area (Å²) in [6.07, 6.45) is 4.45. The maximum absolute atomic E-state index is 12.2. The Balaban J connectivity index is 2.59. The number of ether oxygens (including phenoxy) is 2. The summed E-state index contributed by atoms with van der Waals surface area (Å²) >= 11 is 0. The van der Waals surface area contributed by atoms with Crippen molar-refractivity contribution < 1.29 is 14.3 Å². The van der Waals surface area contributed by atoms with E-state index >= 15 is 0 Å². The third kappa shape index (κ3) is 3.07. The molecule has 2 aromatic heterocycles. The monoisotopic (exact) mass is 301 g/mol. The highest BCUT2D eigenvalue weighted by atomic mass is 16.5. The van der Waals surface area contributed by atoms with Crippen LogP contribution in [0.4, 0.5) is 0 Å². The van der Waals surface area contributed by atoms with Crippen LogP contribution in [0.5, 0.6) is 0 Å². The van der Waals surface area contributed by atoms with E-state index in [2.05, 4.69) is 17.9 Å². The first kappa shape index (κ1) is 16.3. The van der Waals surface area contributed by atoms with Crippen molar-refractivity contribution in [2.24, 2.45) is 0 Å². The Labute approximate surface area is 131 Å². The van der Waals surface area contributed by atoms with Crippen molar-refractivity contribution in [3.05, 3.63) is 53.9 Å². The van der Waals surface area contributed by atoms with Crippen LogP contribution in [-0.4, -0.2) is 23.6 Å². The number of pyridine rings is 1. The third-order valence-corrected chi connectivity index (χ3v) is 3.71. The summed E-state index contributed by atoms with van der Waals surface area (Å²) < 4.78 is 13.1. The molecule has 0 aliphatic carbocycles. The standard InChI is InChI=1S/C18H23NO3/c1-5-11-22-16(6-2)17-13(4)15(18(20)21-7-3)12-14-9-8-10-19(14)17/h5,8-10,12,16H,1,6-7,11H2,2-4H3. The first-order chi connectivity index (χ1) is 10.6. The van der Waals surface area contributed by atoms with Crippen LogP contribution >= 0.6 is 0 Å². The highest BCUT2D eigenvalue weighted by molar-refractivity contribution is 5.92. The van der Waals surface area contributed by atoms with E-state index in [1.165, 1.54) is 0 Å². The van der Waals surface area contributed by atoms with E-state index in [9.17, 15) is 4.79 Å². The van der Waals surface area contributed by atoms with Crippen LogP contribution in [0.1, 0.15) is 48.0 Å². The number of esters is 1. The van der Waals surface area contributed by atoms with Gasteiger partial charge in [-0.15, -0.1) is 6.58 Å². The first-order valence-corrected chi connectivity index (χ1v) is 7.64. The number of aromatic nitrogens is 1. The van der Waals surface area contributed by atoms with Crippen molar-refractivity contribution in [3.8, 4) is 0 Å². The molecule has 0 fully saturated rings. The van der Waals surface area contributed by atoms with E-state index in [0.29, 0.717) is 18.8 Å². The molecular formula is C18H23NO3. The maximum Gasteiger partial charge on any atom is 0.338 e. The molecule has 0 aliphatic heterocycles. The molecule has 2 heterocycles. The van der Waals surface area contributed by atoms with Crippen molar-refractivity contribution >= 4 is 11.5 Å². The maximum atomic E-state index is 12.2. The Kier molecular flexibility index (Phi) is 5.39. The van der Waals surface area contributed by atoms with E-state index in [-0.39, 0.29) is 12.1 Å². The van der Waals surface area contributed by atoms with Crippen molar-refractivity contribution in [1.29, 1.82) is 0 Å². The van der Waals surface area contributed by atoms with Gasteiger partial charge in [-0.25, -0.2) is 4.79 Å². The number of rotatable bonds is 7. The number of carbonyl (C=O) groups is 1. The van der Waals surface area contributed by atoms with Gasteiger partial charge in [-0.3, -0.25) is 0 Å². The molecule has 0 N–H and O–H groups in total. The summed E-state index contributed by atoms with van der Waals surface area (Å²) in [4.78, 5) is 12.2. The number of hydrogen-bond donors (Lipinski definition) is 0. The molecule has 1 unspecified atom stereocenters. The highest BCUT2D eigenvalue weighted by Crippen LogP contribution is 2.29. The molecule has 2 rings (SSSR count). The zero-order valence-electron chi connectivity index (χ0n) is 13.5. The number of hydrogen-bond acceptors (Lipinski definition) is 3. The Bertz CT molecular complexity index is 672. The molecule has 4 nitrogen and oxygen atoms in total. The van der Waals surface area contributed by atoms with Gasteiger partial charge < -0.3 is 13.9 Å². The lowest BCUT2D eigenvalue weighted by Crippen LogP contribution is -2.15. The zero-order chi connectivity index (χ0) is 16.1. The van der Waals surface area contributed by atoms with E-state index in [4.69, 9.17) is 9.47 Å². The minimum atomic E-state index is -0.288. The number of nitrogens with zero attached hydrogens (tertiary/aromatic N) is 1. The van der Waals surface area contributed by atoms with Crippen LogP contribution in [-0.2, 0) is 9.47 Å². The van der Waals surface area contributed by atoms with Crippen molar-refractivity contribution in [1.82, 2.24) is 4.40 Å². The molecule has 0 spiro atoms. The van der Waals surface area contributed by atoms with E-state index in [1.807, 2.05) is 38.2 Å². The normalized spacial score (nSPS) is 12.3. The smallest absolute Gasteiger partial charge is 0.338 e. The lowest BCUT2D eigenvalue weighted by atomic mass is 10.0. The topological polar surface area (TPSA) is 39.9 Å². The summed E-state index contributed by atoms with van der Waals surface area (Å²) in [7, 11) is 0. The predicted octanol–water partition coefficient (Wildman–Crippen LogP) is 4.08. The molecule has 2 aromatic rings. The van der Waals surface area contributed by atoms with E-state index < -0.39 is 0 Å². The molecule has 0 aliphatic rings. The fourth-order valence-electron chi connectivity index (χ4n) is 2.70. The Hall–Kier alpha value is -2.07. The van der Waals surface area contributed by atoms with E-state index in [0.717, 1.165) is 23.2 Å². The van der Waals surface area contributed by atoms with Gasteiger partial charge in [-0.2, -0.15) is 0 Å². The summed E-state index contributed by atoms with van der Waals surface area (Å²) in [6.45, 7) is 10.4. The van der Waals surface area contributed by atoms with Gasteiger partial charge in [0.1, 0.15) is 0 Å². The predicted molar refractivity (Wildman–Crippen MR) is 87.3 cm³/mol. The molecule has 0 radical (unpaired) electrons. The Morgan fingerprint density at radius 1 is 1.45 bits per heavy atom. The van der Waals surface area contributed by atoms with Crippen LogP contribution in [0.3, 0.4) is 0 Å². The van der Waals surface area contributed by atoms with Crippen molar-refractivity contribution in [2.45, 2.75) is 33.3 Å². The zero-order valence-corrected chi connectivity index (χ0v) is 13.5. The minimum Gasteiger partial charge on any atom is -0.462 e. The van der Waals surface area contributed by atoms with Crippen molar-refractivity contribution in [3.63, 3.8) is 0 Å². The Morgan fingerprint density at radius 2 is 2.23 bits per heavy atom. The quantitative estimate of drug-likeness (QED) is 0.571. The van der Waals surface area contributed by atoms with Crippen molar-refractivity contribution in [2.75, 3.05) is 13.2 Å². The molecule has 0 amide bonds. The fraction of sp³-hybridized carbons (Fsp3) is 0.389. The minimum absolute atomic E-state index is 0.0951. The summed E-state index contributed by atoms with van der Waals surface area (Å²) in [5, 5.41) is 0. The second-order valence-electron chi connectivity index (χ2n) is 5.11. The molecule has 4 heteroatoms. The van der Waals surface area contributed by atoms with Gasteiger partial charge in [0.15, 0.2) is 0 Å². The lowest BCUT2D eigenvalue weighted by molar-refractivity contribution is 0.0521. The van der Waals surface area contributed by atoms with Crippen LogP contribution < -0.4 is 0 Å². The van der Waals surface area contributed by atoms with Gasteiger partial charge in [0.25, 0.3) is 0 Å². The van der Waals surface area contributed by atoms with Crippen LogP contribution in [0.2, 0.25) is 0 Å². The van der Waals surface area contributed by atoms with Gasteiger partial charge in [-0.1, -0.05) is 13.0 Å². The third-order valence-electron chi connectivity index (χ3n) is 3.71. The lowest BCUT2D eigenvalue weighted by Gasteiger charge is -2.21. The average molecular weight is 301 g/mol. The van der Waals surface area contributed by atoms with Crippen LogP contribution in [0.15, 0.2) is 37.1 Å². The molecule has 1 atom stereocenters. The second-order valence-corrected chi connectivity index (χ2v) is 5.11. The van der Waals surface area contributed by atoms with E-state index in [1.54, 1.807) is 6.08 Å². The van der Waals surface area contributed by atoms with Crippen LogP contribution in [0.25, 0.3) is 5.52 Å². The van der Waals surface area contributed by atoms with Gasteiger partial charge in [0, 0.05) is 11.7 Å². The average Bonchev–Trinajstić information content (AvgIpc) is 2.97. The molecule has 0 bridgehead atoms. The number of fused-ring (bicyclic) bond motifs is 1. The van der Waals surface area contributed by atoms with Crippen LogP contribution in [0, 0.1) is 6.92 Å². The Morgan fingerprint density at radius 3 is 2.86 bits per heavy atom. The molecule has 0 aromatic carbocycles.